The molecule has 0 unspecified atom stereocenters. The van der Waals surface area contributed by atoms with E-state index in [-0.39, 0.29) is 10.9 Å². The number of nitrogens with zero attached hydrogens (tertiary/aromatic N) is 3. The summed E-state index contributed by atoms with van der Waals surface area (Å²) in [6.45, 7) is 1.77. The van der Waals surface area contributed by atoms with Crippen LogP contribution in [0.3, 0.4) is 0 Å². The molecule has 0 N–H and O–H groups in total. The standard InChI is InChI=1S/C17H19N3O5S/c1-10-12(18-17(20-19-10)26-9-15(21)22)6-5-11-7-13(23-2)16(25-4)14(8-11)24-3/h5-8H,9H2,1-4H3,(H,21,22)/p-1/b6-5+. The van der Waals surface area contributed by atoms with E-state index >= 15 is 0 Å². The van der Waals surface area contributed by atoms with Gasteiger partial charge in [0.15, 0.2) is 11.5 Å². The lowest BCUT2D eigenvalue weighted by atomic mass is 10.1. The number of carboxylic acid groups (broad SMARTS) is 1. The van der Waals surface area contributed by atoms with E-state index in [1.165, 1.54) is 7.11 Å². The van der Waals surface area contributed by atoms with E-state index in [4.69, 9.17) is 14.2 Å². The van der Waals surface area contributed by atoms with Crippen molar-refractivity contribution in [2.45, 2.75) is 12.1 Å². The van der Waals surface area contributed by atoms with Crippen molar-refractivity contribution < 1.29 is 24.1 Å². The Balaban J connectivity index is 2.31. The minimum Gasteiger partial charge on any atom is -0.549 e. The molecule has 0 atom stereocenters. The molecular formula is C17H18N3O5S-. The molecule has 0 bridgehead atoms. The molecule has 2 aromatic rings. The second kappa shape index (κ2) is 9.04. The van der Waals surface area contributed by atoms with Crippen molar-refractivity contribution in [2.24, 2.45) is 0 Å². The molecule has 0 aliphatic rings. The predicted molar refractivity (Wildman–Crippen MR) is 95.3 cm³/mol. The highest BCUT2D eigenvalue weighted by molar-refractivity contribution is 7.99. The van der Waals surface area contributed by atoms with Gasteiger partial charge >= 0.3 is 0 Å². The minimum atomic E-state index is -1.19. The minimum absolute atomic E-state index is 0.235. The Labute approximate surface area is 155 Å². The van der Waals surface area contributed by atoms with Crippen molar-refractivity contribution in [1.29, 1.82) is 0 Å². The molecule has 0 saturated carbocycles. The lowest BCUT2D eigenvalue weighted by Crippen LogP contribution is -2.24. The summed E-state index contributed by atoms with van der Waals surface area (Å²) >= 11 is 0.953. The Morgan fingerprint density at radius 1 is 1.12 bits per heavy atom. The van der Waals surface area contributed by atoms with Crippen LogP contribution in [0.25, 0.3) is 12.2 Å². The average Bonchev–Trinajstić information content (AvgIpc) is 2.65. The number of hydrogen-bond acceptors (Lipinski definition) is 9. The quantitative estimate of drug-likeness (QED) is 0.628. The number of methoxy groups -OCH3 is 3. The van der Waals surface area contributed by atoms with Crippen LogP contribution in [0.15, 0.2) is 17.3 Å². The summed E-state index contributed by atoms with van der Waals surface area (Å²) < 4.78 is 16.0. The van der Waals surface area contributed by atoms with Crippen LogP contribution in [0.2, 0.25) is 0 Å². The third-order valence-electron chi connectivity index (χ3n) is 3.31. The first kappa shape index (κ1) is 19.5. The number of aromatic nitrogens is 3. The molecule has 0 fully saturated rings. The van der Waals surface area contributed by atoms with Gasteiger partial charge in [-0.3, -0.25) is 0 Å². The lowest BCUT2D eigenvalue weighted by molar-refractivity contribution is -0.301. The highest BCUT2D eigenvalue weighted by atomic mass is 32.2. The molecule has 0 aliphatic carbocycles. The summed E-state index contributed by atoms with van der Waals surface area (Å²) in [5.41, 5.74) is 2.00. The maximum absolute atomic E-state index is 10.6. The lowest BCUT2D eigenvalue weighted by Gasteiger charge is -2.12. The van der Waals surface area contributed by atoms with Crippen LogP contribution in [-0.4, -0.2) is 48.2 Å². The number of rotatable bonds is 8. The summed E-state index contributed by atoms with van der Waals surface area (Å²) in [5.74, 6) is 0.158. The Kier molecular flexibility index (Phi) is 6.79. The molecule has 1 aromatic heterocycles. The van der Waals surface area contributed by atoms with Gasteiger partial charge in [0, 0.05) is 5.75 Å². The smallest absolute Gasteiger partial charge is 0.210 e. The molecule has 2 rings (SSSR count). The zero-order valence-electron chi connectivity index (χ0n) is 14.8. The molecule has 1 heterocycles. The Bertz CT molecular complexity index is 801. The number of ether oxygens (including phenoxy) is 3. The Morgan fingerprint density at radius 3 is 2.31 bits per heavy atom. The third kappa shape index (κ3) is 4.85. The van der Waals surface area contributed by atoms with Crippen molar-refractivity contribution in [3.8, 4) is 17.2 Å². The Morgan fingerprint density at radius 2 is 1.77 bits per heavy atom. The van der Waals surface area contributed by atoms with Gasteiger partial charge in [-0.05, 0) is 30.7 Å². The second-order valence-electron chi connectivity index (χ2n) is 5.02. The second-order valence-corrected chi connectivity index (χ2v) is 5.96. The number of carboxylic acids is 1. The molecule has 9 heteroatoms. The maximum Gasteiger partial charge on any atom is 0.210 e. The van der Waals surface area contributed by atoms with E-state index in [0.29, 0.717) is 28.6 Å². The number of carbonyl (C=O) groups is 1. The topological polar surface area (TPSA) is 106 Å². The largest absolute Gasteiger partial charge is 0.549 e. The van der Waals surface area contributed by atoms with Crippen LogP contribution in [0, 0.1) is 6.92 Å². The van der Waals surface area contributed by atoms with Gasteiger partial charge in [0.05, 0.1) is 38.7 Å². The first-order valence-corrected chi connectivity index (χ1v) is 8.49. The first-order chi connectivity index (χ1) is 12.5. The predicted octanol–water partition coefficient (Wildman–Crippen LogP) is 1.22. The summed E-state index contributed by atoms with van der Waals surface area (Å²) in [6.07, 6.45) is 3.57. The van der Waals surface area contributed by atoms with Gasteiger partial charge in [-0.25, -0.2) is 4.98 Å². The molecule has 138 valence electrons. The van der Waals surface area contributed by atoms with E-state index in [1.807, 2.05) is 6.08 Å². The number of thioether (sulfide) groups is 1. The van der Waals surface area contributed by atoms with Crippen LogP contribution in [0.5, 0.6) is 17.2 Å². The van der Waals surface area contributed by atoms with E-state index in [2.05, 4.69) is 15.2 Å². The van der Waals surface area contributed by atoms with E-state index in [1.54, 1.807) is 39.4 Å². The van der Waals surface area contributed by atoms with Crippen molar-refractivity contribution >= 4 is 29.9 Å². The molecule has 0 radical (unpaired) electrons. The van der Waals surface area contributed by atoms with E-state index in [9.17, 15) is 9.90 Å². The fourth-order valence-electron chi connectivity index (χ4n) is 2.09. The van der Waals surface area contributed by atoms with Crippen LogP contribution in [0.4, 0.5) is 0 Å². The number of aryl methyl sites for hydroxylation is 1. The van der Waals surface area contributed by atoms with E-state index < -0.39 is 5.97 Å². The molecular weight excluding hydrogens is 358 g/mol. The average molecular weight is 376 g/mol. The van der Waals surface area contributed by atoms with Crippen molar-refractivity contribution in [3.63, 3.8) is 0 Å². The number of carbonyl (C=O) groups excluding carboxylic acids is 1. The maximum atomic E-state index is 10.6. The van der Waals surface area contributed by atoms with Crippen molar-refractivity contribution in [1.82, 2.24) is 15.2 Å². The highest BCUT2D eigenvalue weighted by Crippen LogP contribution is 2.38. The number of benzene rings is 1. The molecule has 8 nitrogen and oxygen atoms in total. The molecule has 0 saturated heterocycles. The summed E-state index contributed by atoms with van der Waals surface area (Å²) in [7, 11) is 4.63. The van der Waals surface area contributed by atoms with Gasteiger partial charge in [-0.15, -0.1) is 5.10 Å². The van der Waals surface area contributed by atoms with Gasteiger partial charge in [-0.1, -0.05) is 17.8 Å². The molecule has 0 spiro atoms. The van der Waals surface area contributed by atoms with Gasteiger partial charge in [0.25, 0.3) is 0 Å². The third-order valence-corrected chi connectivity index (χ3v) is 4.12. The zero-order chi connectivity index (χ0) is 19.1. The SMILES string of the molecule is COc1cc(/C=C/c2nc(SCC(=O)[O-])nnc2C)cc(OC)c1OC. The molecule has 26 heavy (non-hydrogen) atoms. The monoisotopic (exact) mass is 376 g/mol. The summed E-state index contributed by atoms with van der Waals surface area (Å²) in [5, 5.41) is 18.7. The fourth-order valence-corrected chi connectivity index (χ4v) is 2.60. The molecule has 0 aliphatic heterocycles. The van der Waals surface area contributed by atoms with Crippen LogP contribution in [0.1, 0.15) is 17.0 Å². The van der Waals surface area contributed by atoms with Crippen molar-refractivity contribution in [2.75, 3.05) is 27.1 Å². The normalized spacial score (nSPS) is 10.8. The van der Waals surface area contributed by atoms with Gasteiger partial charge < -0.3 is 24.1 Å². The first-order valence-electron chi connectivity index (χ1n) is 7.50. The Hall–Kier alpha value is -2.81. The summed E-state index contributed by atoms with van der Waals surface area (Å²) in [4.78, 5) is 14.9. The summed E-state index contributed by atoms with van der Waals surface area (Å²) in [6, 6.07) is 3.60. The van der Waals surface area contributed by atoms with Crippen LogP contribution >= 0.6 is 11.8 Å². The van der Waals surface area contributed by atoms with Crippen LogP contribution < -0.4 is 19.3 Å². The fraction of sp³-hybridized carbons (Fsp3) is 0.294. The highest BCUT2D eigenvalue weighted by Gasteiger charge is 2.12. The van der Waals surface area contributed by atoms with Gasteiger partial charge in [0.1, 0.15) is 0 Å². The zero-order valence-corrected chi connectivity index (χ0v) is 15.6. The number of aliphatic carboxylic acids is 1. The van der Waals surface area contributed by atoms with Crippen molar-refractivity contribution in [3.05, 3.63) is 29.1 Å². The number of hydrogen-bond donors (Lipinski definition) is 0. The molecule has 1 aromatic carbocycles. The van der Waals surface area contributed by atoms with Gasteiger partial charge in [0.2, 0.25) is 10.9 Å². The van der Waals surface area contributed by atoms with Crippen LogP contribution in [-0.2, 0) is 4.79 Å². The molecule has 0 amide bonds. The van der Waals surface area contributed by atoms with Gasteiger partial charge in [-0.2, -0.15) is 5.10 Å². The van der Waals surface area contributed by atoms with E-state index in [0.717, 1.165) is 17.3 Å².